The van der Waals surface area contributed by atoms with Crippen LogP contribution in [0.5, 0.6) is 11.5 Å². The highest BCUT2D eigenvalue weighted by atomic mass is 16.5. The number of ether oxygens (including phenoxy) is 2. The highest BCUT2D eigenvalue weighted by molar-refractivity contribution is 5.74. The zero-order valence-electron chi connectivity index (χ0n) is 12.6. The first-order valence-corrected chi connectivity index (χ1v) is 7.39. The van der Waals surface area contributed by atoms with Gasteiger partial charge in [0, 0.05) is 30.4 Å². The fraction of sp³-hybridized carbons (Fsp3) is 0.333. The summed E-state index contributed by atoms with van der Waals surface area (Å²) in [6, 6.07) is 14.6. The van der Waals surface area contributed by atoms with Gasteiger partial charge in [0.05, 0.1) is 14.2 Å². The molecule has 1 saturated heterocycles. The van der Waals surface area contributed by atoms with Gasteiger partial charge in [-0.15, -0.1) is 0 Å². The van der Waals surface area contributed by atoms with Gasteiger partial charge in [0.2, 0.25) is 0 Å². The summed E-state index contributed by atoms with van der Waals surface area (Å²) < 4.78 is 10.8. The average molecular weight is 283 g/mol. The summed E-state index contributed by atoms with van der Waals surface area (Å²) >= 11 is 0. The van der Waals surface area contributed by atoms with E-state index in [2.05, 4.69) is 35.2 Å². The Morgan fingerprint density at radius 2 is 1.71 bits per heavy atom. The van der Waals surface area contributed by atoms with Crippen LogP contribution in [0.25, 0.3) is 11.1 Å². The van der Waals surface area contributed by atoms with Crippen molar-refractivity contribution in [3.05, 3.63) is 42.5 Å². The molecule has 1 aliphatic heterocycles. The number of nitrogens with zero attached hydrogens (tertiary/aromatic N) is 1. The highest BCUT2D eigenvalue weighted by Gasteiger charge is 2.14. The molecule has 0 unspecified atom stereocenters. The molecule has 21 heavy (non-hydrogen) atoms. The lowest BCUT2D eigenvalue weighted by atomic mass is 10.0. The SMILES string of the molecule is COc1ccc(-c2cccc(N3CCCC3)c2)c(OC)c1. The first-order valence-electron chi connectivity index (χ1n) is 7.39. The van der Waals surface area contributed by atoms with Crippen LogP contribution in [0.15, 0.2) is 42.5 Å². The van der Waals surface area contributed by atoms with E-state index in [1.54, 1.807) is 14.2 Å². The molecule has 2 aromatic carbocycles. The lowest BCUT2D eigenvalue weighted by Gasteiger charge is -2.19. The quantitative estimate of drug-likeness (QED) is 0.847. The van der Waals surface area contributed by atoms with E-state index in [4.69, 9.17) is 9.47 Å². The second-order valence-electron chi connectivity index (χ2n) is 5.31. The van der Waals surface area contributed by atoms with Crippen LogP contribution in [0.3, 0.4) is 0 Å². The van der Waals surface area contributed by atoms with Crippen LogP contribution in [0.2, 0.25) is 0 Å². The van der Waals surface area contributed by atoms with E-state index in [0.29, 0.717) is 0 Å². The lowest BCUT2D eigenvalue weighted by Crippen LogP contribution is -2.17. The van der Waals surface area contributed by atoms with Gasteiger partial charge >= 0.3 is 0 Å². The van der Waals surface area contributed by atoms with Crippen molar-refractivity contribution in [3.8, 4) is 22.6 Å². The molecular formula is C18H21NO2. The molecule has 0 saturated carbocycles. The van der Waals surface area contributed by atoms with Gasteiger partial charge in [-0.1, -0.05) is 12.1 Å². The molecule has 3 heteroatoms. The van der Waals surface area contributed by atoms with Gasteiger partial charge in [0.25, 0.3) is 0 Å². The normalized spacial score (nSPS) is 14.3. The minimum Gasteiger partial charge on any atom is -0.497 e. The zero-order valence-corrected chi connectivity index (χ0v) is 12.6. The predicted molar refractivity (Wildman–Crippen MR) is 86.4 cm³/mol. The van der Waals surface area contributed by atoms with Crippen LogP contribution in [-0.4, -0.2) is 27.3 Å². The summed E-state index contributed by atoms with van der Waals surface area (Å²) in [5, 5.41) is 0. The summed E-state index contributed by atoms with van der Waals surface area (Å²) in [5.74, 6) is 1.65. The summed E-state index contributed by atoms with van der Waals surface area (Å²) in [6.45, 7) is 2.31. The van der Waals surface area contributed by atoms with E-state index >= 15 is 0 Å². The zero-order chi connectivity index (χ0) is 14.7. The Morgan fingerprint density at radius 1 is 0.905 bits per heavy atom. The number of methoxy groups -OCH3 is 2. The monoisotopic (exact) mass is 283 g/mol. The molecule has 110 valence electrons. The van der Waals surface area contributed by atoms with Crippen molar-refractivity contribution in [1.82, 2.24) is 0 Å². The average Bonchev–Trinajstić information content (AvgIpc) is 3.09. The molecule has 0 spiro atoms. The molecular weight excluding hydrogens is 262 g/mol. The van der Waals surface area contributed by atoms with E-state index in [-0.39, 0.29) is 0 Å². The van der Waals surface area contributed by atoms with Gasteiger partial charge in [-0.3, -0.25) is 0 Å². The molecule has 3 nitrogen and oxygen atoms in total. The number of hydrogen-bond donors (Lipinski definition) is 0. The molecule has 0 atom stereocenters. The topological polar surface area (TPSA) is 21.7 Å². The van der Waals surface area contributed by atoms with Crippen LogP contribution in [0.4, 0.5) is 5.69 Å². The molecule has 1 aliphatic rings. The first-order chi connectivity index (χ1) is 10.3. The summed E-state index contributed by atoms with van der Waals surface area (Å²) in [4.78, 5) is 2.44. The van der Waals surface area contributed by atoms with Crippen LogP contribution in [-0.2, 0) is 0 Å². The number of benzene rings is 2. The standard InChI is InChI=1S/C18H21NO2/c1-20-16-8-9-17(18(13-16)21-2)14-6-5-7-15(12-14)19-10-3-4-11-19/h5-9,12-13H,3-4,10-11H2,1-2H3. The Kier molecular flexibility index (Phi) is 4.00. The number of rotatable bonds is 4. The minimum absolute atomic E-state index is 0.811. The summed E-state index contributed by atoms with van der Waals surface area (Å²) in [7, 11) is 3.37. The smallest absolute Gasteiger partial charge is 0.130 e. The molecule has 3 rings (SSSR count). The molecule has 2 aromatic rings. The van der Waals surface area contributed by atoms with Crippen LogP contribution in [0.1, 0.15) is 12.8 Å². The molecule has 1 heterocycles. The predicted octanol–water partition coefficient (Wildman–Crippen LogP) is 3.97. The largest absolute Gasteiger partial charge is 0.497 e. The van der Waals surface area contributed by atoms with Gasteiger partial charge < -0.3 is 14.4 Å². The van der Waals surface area contributed by atoms with Crippen molar-refractivity contribution in [2.24, 2.45) is 0 Å². The van der Waals surface area contributed by atoms with Crippen molar-refractivity contribution >= 4 is 5.69 Å². The molecule has 0 aliphatic carbocycles. The lowest BCUT2D eigenvalue weighted by molar-refractivity contribution is 0.395. The van der Waals surface area contributed by atoms with Crippen molar-refractivity contribution < 1.29 is 9.47 Å². The third kappa shape index (κ3) is 2.82. The van der Waals surface area contributed by atoms with Crippen molar-refractivity contribution in [2.45, 2.75) is 12.8 Å². The molecule has 0 N–H and O–H groups in total. The summed E-state index contributed by atoms with van der Waals surface area (Å²) in [6.07, 6.45) is 2.58. The molecule has 0 aromatic heterocycles. The fourth-order valence-corrected chi connectivity index (χ4v) is 2.88. The van der Waals surface area contributed by atoms with Gasteiger partial charge in [-0.2, -0.15) is 0 Å². The van der Waals surface area contributed by atoms with Crippen molar-refractivity contribution in [1.29, 1.82) is 0 Å². The highest BCUT2D eigenvalue weighted by Crippen LogP contribution is 2.35. The maximum atomic E-state index is 5.51. The molecule has 1 fully saturated rings. The Bertz CT molecular complexity index is 618. The van der Waals surface area contributed by atoms with Crippen LogP contribution >= 0.6 is 0 Å². The van der Waals surface area contributed by atoms with Gasteiger partial charge in [-0.05, 0) is 42.7 Å². The maximum absolute atomic E-state index is 5.51. The van der Waals surface area contributed by atoms with Gasteiger partial charge in [-0.25, -0.2) is 0 Å². The Hall–Kier alpha value is -2.16. The van der Waals surface area contributed by atoms with Gasteiger partial charge in [0.1, 0.15) is 11.5 Å². The molecule has 0 radical (unpaired) electrons. The Labute approximate surface area is 126 Å². The van der Waals surface area contributed by atoms with E-state index in [0.717, 1.165) is 30.2 Å². The minimum atomic E-state index is 0.811. The third-order valence-electron chi connectivity index (χ3n) is 4.04. The van der Waals surface area contributed by atoms with Gasteiger partial charge in [0.15, 0.2) is 0 Å². The number of hydrogen-bond acceptors (Lipinski definition) is 3. The fourth-order valence-electron chi connectivity index (χ4n) is 2.88. The first kappa shape index (κ1) is 13.8. The van der Waals surface area contributed by atoms with Crippen molar-refractivity contribution in [3.63, 3.8) is 0 Å². The van der Waals surface area contributed by atoms with E-state index in [9.17, 15) is 0 Å². The maximum Gasteiger partial charge on any atom is 0.130 e. The Balaban J connectivity index is 1.98. The van der Waals surface area contributed by atoms with Crippen molar-refractivity contribution in [2.75, 3.05) is 32.2 Å². The molecule has 0 bridgehead atoms. The van der Waals surface area contributed by atoms with E-state index in [1.807, 2.05) is 12.1 Å². The van der Waals surface area contributed by atoms with Crippen LogP contribution in [0, 0.1) is 0 Å². The molecule has 0 amide bonds. The second kappa shape index (κ2) is 6.08. The Morgan fingerprint density at radius 3 is 2.43 bits per heavy atom. The second-order valence-corrected chi connectivity index (χ2v) is 5.31. The van der Waals surface area contributed by atoms with E-state index < -0.39 is 0 Å². The third-order valence-corrected chi connectivity index (χ3v) is 4.04. The summed E-state index contributed by atoms with van der Waals surface area (Å²) in [5.41, 5.74) is 3.57. The number of anilines is 1. The van der Waals surface area contributed by atoms with Crippen LogP contribution < -0.4 is 14.4 Å². The van der Waals surface area contributed by atoms with E-state index in [1.165, 1.54) is 24.1 Å².